The molecule has 2 heterocycles. The number of halogens is 4. The summed E-state index contributed by atoms with van der Waals surface area (Å²) >= 11 is 0. The largest absolute Gasteiger partial charge is 0.471 e. The van der Waals surface area contributed by atoms with Gasteiger partial charge in [0.25, 0.3) is 0 Å². The van der Waals surface area contributed by atoms with Crippen molar-refractivity contribution in [2.24, 2.45) is 5.92 Å². The first kappa shape index (κ1) is 30.6. The minimum Gasteiger partial charge on any atom is -0.339 e. The predicted molar refractivity (Wildman–Crippen MR) is 161 cm³/mol. The van der Waals surface area contributed by atoms with Crippen LogP contribution in [0.2, 0.25) is 0 Å². The van der Waals surface area contributed by atoms with Crippen LogP contribution >= 0.6 is 0 Å². The summed E-state index contributed by atoms with van der Waals surface area (Å²) in [6.45, 7) is 0.181. The summed E-state index contributed by atoms with van der Waals surface area (Å²) in [6.07, 6.45) is 0.363. The smallest absolute Gasteiger partial charge is 0.339 e. The summed E-state index contributed by atoms with van der Waals surface area (Å²) in [5, 5.41) is 0. The zero-order valence-electron chi connectivity index (χ0n) is 24.4. The number of carbonyl (C=O) groups is 1. The zero-order chi connectivity index (χ0) is 31.2. The Balaban J connectivity index is 1.54. The number of alkyl halides is 3. The molecular formula is C33H35F4N3O3S. The van der Waals surface area contributed by atoms with E-state index in [1.165, 1.54) is 16.4 Å². The van der Waals surface area contributed by atoms with Gasteiger partial charge >= 0.3 is 12.1 Å². The number of para-hydroxylation sites is 1. The molecule has 1 saturated heterocycles. The van der Waals surface area contributed by atoms with Crippen molar-refractivity contribution in [2.45, 2.75) is 61.6 Å². The second-order valence-electron chi connectivity index (χ2n) is 12.1. The summed E-state index contributed by atoms with van der Waals surface area (Å²) in [5.41, 5.74) is 2.92. The highest BCUT2D eigenvalue weighted by atomic mass is 32.2. The minimum atomic E-state index is -4.99. The van der Waals surface area contributed by atoms with Crippen molar-refractivity contribution in [3.05, 3.63) is 78.1 Å². The van der Waals surface area contributed by atoms with Crippen molar-refractivity contribution in [1.82, 2.24) is 9.21 Å². The Labute approximate surface area is 255 Å². The standard InChI is InChI=1S/C33H35F4N3O3S/c1-38-30(23-8-4-2-5-9-23)21-40(26-10-6-3-7-11-26)29-18-27(24-16-17-39(20-24)32(41)33(35,36)37)28(19-31(29)44(38,42)43)22-12-14-25(34)15-13-22/h3,6-7,10-15,18-19,23-24,30H,2,4-5,8-9,16-17,20-21H2,1H3/t24?,30-/m0/s1. The van der Waals surface area contributed by atoms with Gasteiger partial charge in [-0.2, -0.15) is 17.5 Å². The molecule has 0 aromatic heterocycles. The summed E-state index contributed by atoms with van der Waals surface area (Å²) in [5.74, 6) is -2.66. The highest BCUT2D eigenvalue weighted by Crippen LogP contribution is 2.46. The Hall–Kier alpha value is -3.44. The number of sulfonamides is 1. The van der Waals surface area contributed by atoms with Gasteiger partial charge in [0.2, 0.25) is 10.0 Å². The Morgan fingerprint density at radius 3 is 2.23 bits per heavy atom. The number of likely N-dealkylation sites (tertiary alicyclic amines) is 1. The zero-order valence-corrected chi connectivity index (χ0v) is 25.2. The molecule has 3 aromatic rings. The number of nitrogens with zero attached hydrogens (tertiary/aromatic N) is 3. The molecule has 0 spiro atoms. The van der Waals surface area contributed by atoms with Crippen molar-refractivity contribution >= 4 is 27.3 Å². The van der Waals surface area contributed by atoms with Crippen molar-refractivity contribution in [3.63, 3.8) is 0 Å². The number of benzene rings is 3. The van der Waals surface area contributed by atoms with E-state index >= 15 is 0 Å². The monoisotopic (exact) mass is 629 g/mol. The molecule has 234 valence electrons. The maximum absolute atomic E-state index is 14.4. The lowest BCUT2D eigenvalue weighted by Crippen LogP contribution is -2.46. The van der Waals surface area contributed by atoms with E-state index in [4.69, 9.17) is 0 Å². The van der Waals surface area contributed by atoms with Crippen LogP contribution in [-0.2, 0) is 14.8 Å². The average Bonchev–Trinajstić information content (AvgIpc) is 3.48. The third kappa shape index (κ3) is 5.72. The van der Waals surface area contributed by atoms with E-state index in [9.17, 15) is 30.8 Å². The van der Waals surface area contributed by atoms with Gasteiger partial charge in [0.15, 0.2) is 0 Å². The molecule has 6 rings (SSSR count). The number of rotatable bonds is 4. The summed E-state index contributed by atoms with van der Waals surface area (Å²) in [7, 11) is -2.38. The fraction of sp³-hybridized carbons (Fsp3) is 0.424. The molecule has 3 aromatic carbocycles. The summed E-state index contributed by atoms with van der Waals surface area (Å²) < 4.78 is 84.3. The Morgan fingerprint density at radius 1 is 0.886 bits per heavy atom. The van der Waals surface area contributed by atoms with Crippen LogP contribution in [0.25, 0.3) is 11.1 Å². The normalized spacial score (nSPS) is 22.9. The minimum absolute atomic E-state index is 0.0733. The van der Waals surface area contributed by atoms with Crippen molar-refractivity contribution < 1.29 is 30.8 Å². The molecule has 2 aliphatic heterocycles. The highest BCUT2D eigenvalue weighted by molar-refractivity contribution is 7.89. The van der Waals surface area contributed by atoms with Gasteiger partial charge in [0.05, 0.1) is 5.69 Å². The second-order valence-corrected chi connectivity index (χ2v) is 14.0. The van der Waals surface area contributed by atoms with Crippen molar-refractivity contribution in [1.29, 1.82) is 0 Å². The van der Waals surface area contributed by atoms with Crippen LogP contribution in [0.15, 0.2) is 71.6 Å². The first-order valence-electron chi connectivity index (χ1n) is 15.1. The Bertz CT molecular complexity index is 1620. The van der Waals surface area contributed by atoms with Gasteiger partial charge in [-0.25, -0.2) is 12.8 Å². The van der Waals surface area contributed by atoms with E-state index in [2.05, 4.69) is 0 Å². The van der Waals surface area contributed by atoms with Gasteiger partial charge in [0, 0.05) is 44.3 Å². The van der Waals surface area contributed by atoms with Gasteiger partial charge in [-0.3, -0.25) is 4.79 Å². The molecule has 0 radical (unpaired) electrons. The van der Waals surface area contributed by atoms with Gasteiger partial charge in [-0.1, -0.05) is 49.6 Å². The molecule has 6 nitrogen and oxygen atoms in total. The molecule has 1 saturated carbocycles. The van der Waals surface area contributed by atoms with Crippen LogP contribution in [0, 0.1) is 11.7 Å². The number of anilines is 2. The lowest BCUT2D eigenvalue weighted by atomic mass is 9.83. The first-order chi connectivity index (χ1) is 20.9. The SMILES string of the molecule is CN1[C@H](C2CCCCC2)CN(c2ccccc2)c2cc(C3CCN(C(=O)C(F)(F)F)C3)c(-c3ccc(F)cc3)cc2S1(=O)=O. The van der Waals surface area contributed by atoms with E-state index in [0.29, 0.717) is 28.9 Å². The van der Waals surface area contributed by atoms with E-state index in [1.807, 2.05) is 35.2 Å². The number of amides is 1. The molecule has 0 bridgehead atoms. The number of hydrogen-bond donors (Lipinski definition) is 0. The van der Waals surface area contributed by atoms with Gasteiger partial charge in [-0.15, -0.1) is 0 Å². The number of hydrogen-bond acceptors (Lipinski definition) is 4. The number of likely N-dealkylation sites (N-methyl/N-ethyl adjacent to an activating group) is 1. The molecule has 1 aliphatic carbocycles. The van der Waals surface area contributed by atoms with Crippen LogP contribution in [0.5, 0.6) is 0 Å². The molecule has 2 fully saturated rings. The third-order valence-electron chi connectivity index (χ3n) is 9.49. The molecule has 2 atom stereocenters. The summed E-state index contributed by atoms with van der Waals surface area (Å²) in [4.78, 5) is 15.0. The predicted octanol–water partition coefficient (Wildman–Crippen LogP) is 7.09. The topological polar surface area (TPSA) is 60.9 Å². The average molecular weight is 630 g/mol. The molecule has 1 amide bonds. The van der Waals surface area contributed by atoms with Gasteiger partial charge in [0.1, 0.15) is 10.7 Å². The molecule has 0 N–H and O–H groups in total. The fourth-order valence-electron chi connectivity index (χ4n) is 7.15. The third-order valence-corrected chi connectivity index (χ3v) is 11.4. The lowest BCUT2D eigenvalue weighted by molar-refractivity contribution is -0.184. The van der Waals surface area contributed by atoms with E-state index in [1.54, 1.807) is 31.3 Å². The quantitative estimate of drug-likeness (QED) is 0.289. The molecule has 3 aliphatic rings. The maximum atomic E-state index is 14.4. The Kier molecular flexibility index (Phi) is 8.21. The fourth-order valence-corrected chi connectivity index (χ4v) is 8.75. The van der Waals surface area contributed by atoms with Gasteiger partial charge in [-0.05, 0) is 78.3 Å². The van der Waals surface area contributed by atoms with E-state index in [0.717, 1.165) is 42.7 Å². The lowest BCUT2D eigenvalue weighted by Gasteiger charge is -2.37. The Morgan fingerprint density at radius 2 is 1.57 bits per heavy atom. The van der Waals surface area contributed by atoms with E-state index in [-0.39, 0.29) is 36.4 Å². The molecule has 44 heavy (non-hydrogen) atoms. The van der Waals surface area contributed by atoms with Crippen LogP contribution in [-0.4, -0.2) is 62.4 Å². The van der Waals surface area contributed by atoms with Crippen LogP contribution in [0.1, 0.15) is 50.0 Å². The number of carbonyl (C=O) groups excluding carboxylic acids is 1. The molecular weight excluding hydrogens is 594 g/mol. The van der Waals surface area contributed by atoms with Crippen LogP contribution in [0.3, 0.4) is 0 Å². The molecule has 1 unspecified atom stereocenters. The van der Waals surface area contributed by atoms with Gasteiger partial charge < -0.3 is 9.80 Å². The van der Waals surface area contributed by atoms with Crippen molar-refractivity contribution in [3.8, 4) is 11.1 Å². The maximum Gasteiger partial charge on any atom is 0.471 e. The van der Waals surface area contributed by atoms with Crippen LogP contribution in [0.4, 0.5) is 28.9 Å². The highest BCUT2D eigenvalue weighted by Gasteiger charge is 2.46. The number of fused-ring (bicyclic) bond motifs is 1. The second kappa shape index (κ2) is 11.8. The summed E-state index contributed by atoms with van der Waals surface area (Å²) in [6, 6.07) is 18.2. The first-order valence-corrected chi connectivity index (χ1v) is 16.5. The van der Waals surface area contributed by atoms with E-state index < -0.39 is 33.8 Å². The van der Waals surface area contributed by atoms with Crippen molar-refractivity contribution in [2.75, 3.05) is 31.6 Å². The molecule has 11 heteroatoms. The van der Waals surface area contributed by atoms with Crippen LogP contribution < -0.4 is 4.90 Å².